The second-order valence-corrected chi connectivity index (χ2v) is 7.45. The van der Waals surface area contributed by atoms with E-state index in [4.69, 9.17) is 11.6 Å². The van der Waals surface area contributed by atoms with Crippen molar-refractivity contribution in [3.63, 3.8) is 0 Å². The van der Waals surface area contributed by atoms with Gasteiger partial charge in [-0.2, -0.15) is 0 Å². The second kappa shape index (κ2) is 7.21. The van der Waals surface area contributed by atoms with Crippen LogP contribution in [0.2, 0.25) is 5.02 Å². The molecule has 0 radical (unpaired) electrons. The molecule has 3 aromatic rings. The predicted molar refractivity (Wildman–Crippen MR) is 102 cm³/mol. The fourth-order valence-corrected chi connectivity index (χ4v) is 3.59. The van der Waals surface area contributed by atoms with Crippen molar-refractivity contribution in [1.29, 1.82) is 0 Å². The number of hydrogen-bond donors (Lipinski definition) is 0. The van der Waals surface area contributed by atoms with E-state index in [1.807, 2.05) is 12.1 Å². The molecular weight excluding hydrogens is 348 g/mol. The summed E-state index contributed by atoms with van der Waals surface area (Å²) in [5.74, 6) is 3.49. The summed E-state index contributed by atoms with van der Waals surface area (Å²) in [6, 6.07) is 8.04. The topological polar surface area (TPSA) is 51.8 Å². The number of nitrogens with zero attached hydrogens (tertiary/aromatic N) is 6. The van der Waals surface area contributed by atoms with Gasteiger partial charge in [-0.25, -0.2) is 4.98 Å². The van der Waals surface area contributed by atoms with E-state index in [2.05, 4.69) is 61.4 Å². The zero-order valence-electron chi connectivity index (χ0n) is 15.1. The molecule has 0 bridgehead atoms. The Morgan fingerprint density at radius 1 is 1.12 bits per heavy atom. The Morgan fingerprint density at radius 3 is 2.77 bits per heavy atom. The van der Waals surface area contributed by atoms with Crippen molar-refractivity contribution in [3.8, 4) is 5.82 Å². The molecule has 0 unspecified atom stereocenters. The van der Waals surface area contributed by atoms with Crippen LogP contribution in [0.15, 0.2) is 36.7 Å². The van der Waals surface area contributed by atoms with E-state index in [1.165, 1.54) is 5.69 Å². The molecule has 0 fully saturated rings. The first-order chi connectivity index (χ1) is 12.6. The molecule has 7 heteroatoms. The molecule has 6 nitrogen and oxygen atoms in total. The average Bonchev–Trinajstić information content (AvgIpc) is 3.20. The first kappa shape index (κ1) is 17.2. The van der Waals surface area contributed by atoms with Gasteiger partial charge in [0.25, 0.3) is 0 Å². The smallest absolute Gasteiger partial charge is 0.136 e. The van der Waals surface area contributed by atoms with Crippen LogP contribution in [-0.2, 0) is 19.5 Å². The predicted octanol–water partition coefficient (Wildman–Crippen LogP) is 3.30. The highest BCUT2D eigenvalue weighted by Crippen LogP contribution is 2.19. The lowest BCUT2D eigenvalue weighted by Crippen LogP contribution is -2.27. The van der Waals surface area contributed by atoms with E-state index in [0.717, 1.165) is 50.1 Å². The molecule has 0 spiro atoms. The third-order valence-electron chi connectivity index (χ3n) is 4.84. The number of pyridine rings is 1. The van der Waals surface area contributed by atoms with E-state index >= 15 is 0 Å². The highest BCUT2D eigenvalue weighted by atomic mass is 35.5. The van der Waals surface area contributed by atoms with Crippen LogP contribution in [0.3, 0.4) is 0 Å². The molecule has 0 atom stereocenters. The lowest BCUT2D eigenvalue weighted by Gasteiger charge is -2.20. The second-order valence-electron chi connectivity index (χ2n) is 7.01. The monoisotopic (exact) mass is 370 g/mol. The van der Waals surface area contributed by atoms with Gasteiger partial charge in [-0.05, 0) is 24.3 Å². The molecule has 1 aliphatic rings. The maximum Gasteiger partial charge on any atom is 0.136 e. The van der Waals surface area contributed by atoms with Crippen molar-refractivity contribution < 1.29 is 0 Å². The standard InChI is InChI=1S/C19H23ClN6/c1-14(2)19-23-22-18-7-9-24(10-11-26(18)19)13-16-4-3-8-25(16)17-6-5-15(20)12-21-17/h3-6,8,12,14H,7,9-11,13H2,1-2H3. The van der Waals surface area contributed by atoms with Gasteiger partial charge in [-0.3, -0.25) is 4.90 Å². The van der Waals surface area contributed by atoms with Crippen LogP contribution in [0.4, 0.5) is 0 Å². The zero-order valence-corrected chi connectivity index (χ0v) is 15.9. The molecule has 0 saturated carbocycles. The maximum absolute atomic E-state index is 5.96. The van der Waals surface area contributed by atoms with Crippen molar-refractivity contribution >= 4 is 11.6 Å². The molecule has 26 heavy (non-hydrogen) atoms. The molecule has 136 valence electrons. The summed E-state index contributed by atoms with van der Waals surface area (Å²) in [5, 5.41) is 9.43. The Morgan fingerprint density at radius 2 is 2.00 bits per heavy atom. The van der Waals surface area contributed by atoms with Crippen LogP contribution in [-0.4, -0.2) is 42.3 Å². The Balaban J connectivity index is 1.49. The summed E-state index contributed by atoms with van der Waals surface area (Å²) in [7, 11) is 0. The number of hydrogen-bond acceptors (Lipinski definition) is 4. The van der Waals surface area contributed by atoms with Gasteiger partial charge in [-0.15, -0.1) is 10.2 Å². The van der Waals surface area contributed by atoms with Crippen molar-refractivity contribution in [3.05, 3.63) is 59.0 Å². The summed E-state index contributed by atoms with van der Waals surface area (Å²) in [6.07, 6.45) is 4.67. The van der Waals surface area contributed by atoms with Crippen LogP contribution >= 0.6 is 11.6 Å². The quantitative estimate of drug-likeness (QED) is 0.707. The molecular formula is C19H23ClN6. The van der Waals surface area contributed by atoms with Crippen LogP contribution < -0.4 is 0 Å². The van der Waals surface area contributed by atoms with Crippen molar-refractivity contribution in [2.75, 3.05) is 13.1 Å². The van der Waals surface area contributed by atoms with E-state index < -0.39 is 0 Å². The van der Waals surface area contributed by atoms with Gasteiger partial charge in [0.2, 0.25) is 0 Å². The van der Waals surface area contributed by atoms with Crippen molar-refractivity contribution in [2.24, 2.45) is 0 Å². The zero-order chi connectivity index (χ0) is 18.1. The van der Waals surface area contributed by atoms with Crippen molar-refractivity contribution in [1.82, 2.24) is 29.2 Å². The summed E-state index contributed by atoms with van der Waals surface area (Å²) in [6.45, 7) is 8.14. The van der Waals surface area contributed by atoms with Crippen LogP contribution in [0.5, 0.6) is 0 Å². The number of aromatic nitrogens is 5. The van der Waals surface area contributed by atoms with Gasteiger partial charge in [0.15, 0.2) is 0 Å². The first-order valence-corrected chi connectivity index (χ1v) is 9.42. The molecule has 4 rings (SSSR count). The van der Waals surface area contributed by atoms with E-state index in [1.54, 1.807) is 6.20 Å². The number of rotatable bonds is 4. The van der Waals surface area contributed by atoms with Gasteiger partial charge < -0.3 is 9.13 Å². The highest BCUT2D eigenvalue weighted by molar-refractivity contribution is 6.30. The lowest BCUT2D eigenvalue weighted by molar-refractivity contribution is 0.265. The van der Waals surface area contributed by atoms with Crippen LogP contribution in [0, 0.1) is 0 Å². The summed E-state index contributed by atoms with van der Waals surface area (Å²) < 4.78 is 4.42. The molecule has 1 aliphatic heterocycles. The fraction of sp³-hybridized carbons (Fsp3) is 0.421. The lowest BCUT2D eigenvalue weighted by atomic mass is 10.2. The minimum Gasteiger partial charge on any atom is -0.313 e. The normalized spacial score (nSPS) is 15.2. The Bertz CT molecular complexity index is 880. The molecule has 0 N–H and O–H groups in total. The first-order valence-electron chi connectivity index (χ1n) is 9.04. The highest BCUT2D eigenvalue weighted by Gasteiger charge is 2.20. The third kappa shape index (κ3) is 3.39. The Labute approximate surface area is 158 Å². The maximum atomic E-state index is 5.96. The van der Waals surface area contributed by atoms with Crippen molar-refractivity contribution in [2.45, 2.75) is 39.3 Å². The van der Waals surface area contributed by atoms with Crippen LogP contribution in [0.25, 0.3) is 5.82 Å². The van der Waals surface area contributed by atoms with Gasteiger partial charge in [0.05, 0.1) is 5.02 Å². The number of fused-ring (bicyclic) bond motifs is 1. The Kier molecular flexibility index (Phi) is 4.78. The summed E-state index contributed by atoms with van der Waals surface area (Å²) in [5.41, 5.74) is 1.22. The third-order valence-corrected chi connectivity index (χ3v) is 5.06. The van der Waals surface area contributed by atoms with Gasteiger partial charge in [0, 0.05) is 56.6 Å². The largest absolute Gasteiger partial charge is 0.313 e. The molecule has 0 saturated heterocycles. The molecule has 4 heterocycles. The van der Waals surface area contributed by atoms with Gasteiger partial charge in [0.1, 0.15) is 17.5 Å². The minimum atomic E-state index is 0.399. The average molecular weight is 371 g/mol. The van der Waals surface area contributed by atoms with Crippen LogP contribution in [0.1, 0.15) is 37.1 Å². The summed E-state index contributed by atoms with van der Waals surface area (Å²) in [4.78, 5) is 6.91. The summed E-state index contributed by atoms with van der Waals surface area (Å²) >= 11 is 5.96. The Hall–Kier alpha value is -2.18. The molecule has 0 amide bonds. The van der Waals surface area contributed by atoms with Gasteiger partial charge >= 0.3 is 0 Å². The molecule has 0 aromatic carbocycles. The van der Waals surface area contributed by atoms with Gasteiger partial charge in [-0.1, -0.05) is 25.4 Å². The SMILES string of the molecule is CC(C)c1nnc2n1CCN(Cc1cccn1-c1ccc(Cl)cn1)CC2. The van der Waals surface area contributed by atoms with E-state index in [9.17, 15) is 0 Å². The number of halogens is 1. The van der Waals surface area contributed by atoms with E-state index in [-0.39, 0.29) is 0 Å². The fourth-order valence-electron chi connectivity index (χ4n) is 3.48. The van der Waals surface area contributed by atoms with E-state index in [0.29, 0.717) is 10.9 Å². The minimum absolute atomic E-state index is 0.399. The molecule has 0 aliphatic carbocycles. The molecule has 3 aromatic heterocycles.